The lowest BCUT2D eigenvalue weighted by molar-refractivity contribution is -0.264. The quantitative estimate of drug-likeness (QED) is 0.175. The van der Waals surface area contributed by atoms with Crippen molar-refractivity contribution < 1.29 is 28.3 Å². The molecular formula is C25H22FN6O5PS. The van der Waals surface area contributed by atoms with E-state index >= 15 is 0 Å². The summed E-state index contributed by atoms with van der Waals surface area (Å²) in [5.74, 6) is -0.505. The lowest BCUT2D eigenvalue weighted by Crippen LogP contribution is -2.24. The van der Waals surface area contributed by atoms with Gasteiger partial charge in [-0.05, 0) is 56.9 Å². The third-order valence-electron chi connectivity index (χ3n) is 6.60. The minimum Gasteiger partial charge on any atom is -0.301 e. The summed E-state index contributed by atoms with van der Waals surface area (Å²) in [5, 5.41) is 28.1. The van der Waals surface area contributed by atoms with Gasteiger partial charge in [-0.15, -0.1) is 4.67 Å². The van der Waals surface area contributed by atoms with E-state index in [1.807, 2.05) is 29.9 Å². The molecule has 3 aromatic heterocycles. The second-order valence-corrected chi connectivity index (χ2v) is 11.3. The first-order valence-corrected chi connectivity index (χ1v) is 14.3. The molecule has 0 aliphatic heterocycles. The number of hydrogen-bond donors (Lipinski definition) is 2. The van der Waals surface area contributed by atoms with E-state index in [1.165, 1.54) is 30.1 Å². The molecule has 0 radical (unpaired) electrons. The summed E-state index contributed by atoms with van der Waals surface area (Å²) in [6.07, 6.45) is 7.11. The van der Waals surface area contributed by atoms with Crippen molar-refractivity contribution in [1.29, 1.82) is 10.5 Å². The van der Waals surface area contributed by atoms with Gasteiger partial charge in [0.25, 0.3) is 0 Å². The molecule has 3 heterocycles. The Labute approximate surface area is 226 Å². The lowest BCUT2D eigenvalue weighted by Gasteiger charge is -2.28. The zero-order valence-electron chi connectivity index (χ0n) is 20.6. The van der Waals surface area contributed by atoms with Gasteiger partial charge in [0.15, 0.2) is 0 Å². The predicted molar refractivity (Wildman–Crippen MR) is 137 cm³/mol. The van der Waals surface area contributed by atoms with Crippen molar-refractivity contribution in [2.75, 3.05) is 0 Å². The molecule has 0 atom stereocenters. The van der Waals surface area contributed by atoms with Crippen LogP contribution < -0.4 is 0 Å². The maximum Gasteiger partial charge on any atom is 0.496 e. The predicted octanol–water partition coefficient (Wildman–Crippen LogP) is 5.06. The molecule has 14 heteroatoms. The molecule has 0 saturated heterocycles. The van der Waals surface area contributed by atoms with Crippen LogP contribution in [0.3, 0.4) is 0 Å². The molecule has 5 rings (SSSR count). The van der Waals surface area contributed by atoms with E-state index < -0.39 is 19.7 Å². The number of nitriles is 2. The van der Waals surface area contributed by atoms with Crippen LogP contribution in [0, 0.1) is 35.4 Å². The molecule has 1 saturated carbocycles. The molecule has 0 bridgehead atoms. The van der Waals surface area contributed by atoms with Crippen molar-refractivity contribution in [2.24, 2.45) is 0 Å². The molecule has 2 N–H and O–H groups in total. The van der Waals surface area contributed by atoms with Crippen LogP contribution in [0.5, 0.6) is 0 Å². The molecule has 11 nitrogen and oxygen atoms in total. The van der Waals surface area contributed by atoms with Gasteiger partial charge in [0.1, 0.15) is 18.0 Å². The summed E-state index contributed by atoms with van der Waals surface area (Å²) in [5.41, 5.74) is 3.72. The van der Waals surface area contributed by atoms with Gasteiger partial charge in [-0.2, -0.15) is 20.7 Å². The fourth-order valence-electron chi connectivity index (χ4n) is 4.77. The van der Waals surface area contributed by atoms with E-state index in [4.69, 9.17) is 14.7 Å². The Morgan fingerprint density at radius 1 is 1.08 bits per heavy atom. The van der Waals surface area contributed by atoms with E-state index in [0.29, 0.717) is 46.6 Å². The van der Waals surface area contributed by atoms with Gasteiger partial charge in [0, 0.05) is 32.8 Å². The molecule has 1 fully saturated rings. The van der Waals surface area contributed by atoms with Gasteiger partial charge >= 0.3 is 7.82 Å². The molecule has 200 valence electrons. The summed E-state index contributed by atoms with van der Waals surface area (Å²) < 4.78 is 32.4. The second kappa shape index (κ2) is 10.9. The first-order chi connectivity index (χ1) is 18.7. The van der Waals surface area contributed by atoms with E-state index in [2.05, 4.69) is 20.9 Å². The van der Waals surface area contributed by atoms with Gasteiger partial charge in [0.2, 0.25) is 0 Å². The number of halogens is 1. The van der Waals surface area contributed by atoms with Crippen LogP contribution in [-0.4, -0.2) is 35.3 Å². The normalized spacial score (nSPS) is 17.7. The standard InChI is InChI=1S/C25H22FN6O5PS/c1-15-22(13-30-32(15)20-3-5-21(6-4-20)36-37-38(33,34)35)17-9-24(25-18(11-28)12-29-31(25)14-17)39-23-7-2-19(26)8-16(23)10-27/h2,7-9,12-14,20-21H,3-6H2,1H3,(H2,33,34,35). The number of benzene rings is 1. The molecule has 39 heavy (non-hydrogen) atoms. The summed E-state index contributed by atoms with van der Waals surface area (Å²) >= 11 is 1.26. The summed E-state index contributed by atoms with van der Waals surface area (Å²) in [4.78, 5) is 23.8. The Morgan fingerprint density at radius 3 is 2.51 bits per heavy atom. The number of nitrogens with zero attached hydrogens (tertiary/aromatic N) is 6. The number of aromatic nitrogens is 4. The third kappa shape index (κ3) is 5.75. The van der Waals surface area contributed by atoms with Gasteiger partial charge in [0.05, 0.1) is 41.2 Å². The molecule has 1 aromatic carbocycles. The van der Waals surface area contributed by atoms with E-state index in [0.717, 1.165) is 16.8 Å². The third-order valence-corrected chi connectivity index (χ3v) is 7.99. The van der Waals surface area contributed by atoms with Crippen LogP contribution in [0.1, 0.15) is 48.5 Å². The van der Waals surface area contributed by atoms with Crippen molar-refractivity contribution in [3.8, 4) is 23.3 Å². The highest BCUT2D eigenvalue weighted by atomic mass is 32.2. The van der Waals surface area contributed by atoms with Crippen molar-refractivity contribution in [1.82, 2.24) is 19.4 Å². The zero-order valence-corrected chi connectivity index (χ0v) is 22.3. The highest BCUT2D eigenvalue weighted by Crippen LogP contribution is 2.41. The van der Waals surface area contributed by atoms with Crippen LogP contribution in [0.25, 0.3) is 16.6 Å². The fourth-order valence-corrected chi connectivity index (χ4v) is 6.07. The number of fused-ring (bicyclic) bond motifs is 1. The van der Waals surface area contributed by atoms with Crippen molar-refractivity contribution >= 4 is 25.1 Å². The molecule has 0 spiro atoms. The number of rotatable bonds is 7. The van der Waals surface area contributed by atoms with E-state index in [9.17, 15) is 19.5 Å². The first-order valence-electron chi connectivity index (χ1n) is 11.9. The zero-order chi connectivity index (χ0) is 27.7. The highest BCUT2D eigenvalue weighted by molar-refractivity contribution is 7.99. The monoisotopic (exact) mass is 568 g/mol. The van der Waals surface area contributed by atoms with Crippen LogP contribution >= 0.6 is 19.6 Å². The van der Waals surface area contributed by atoms with Crippen molar-refractivity contribution in [3.63, 3.8) is 0 Å². The average Bonchev–Trinajstić information content (AvgIpc) is 3.51. The molecule has 1 aliphatic carbocycles. The summed E-state index contributed by atoms with van der Waals surface area (Å²) in [6, 6.07) is 10.2. The average molecular weight is 569 g/mol. The SMILES string of the molecule is Cc1c(-c2cc(Sc3ccc(F)cc3C#N)c3c(C#N)cnn3c2)cnn1C1CCC(OOP(=O)(O)O)CC1. The van der Waals surface area contributed by atoms with Crippen molar-refractivity contribution in [2.45, 2.75) is 54.5 Å². The Bertz CT molecular complexity index is 1680. The fraction of sp³-hybridized carbons (Fsp3) is 0.280. The number of phosphoric acid groups is 1. The van der Waals surface area contributed by atoms with Crippen LogP contribution in [0.4, 0.5) is 4.39 Å². The van der Waals surface area contributed by atoms with Gasteiger partial charge in [-0.1, -0.05) is 11.8 Å². The number of hydrogen-bond acceptors (Lipinski definition) is 8. The van der Waals surface area contributed by atoms with Gasteiger partial charge in [-0.3, -0.25) is 4.68 Å². The molecule has 0 unspecified atom stereocenters. The molecule has 0 amide bonds. The summed E-state index contributed by atoms with van der Waals surface area (Å²) in [7, 11) is -4.70. The minimum atomic E-state index is -4.70. The van der Waals surface area contributed by atoms with Gasteiger partial charge in [-0.25, -0.2) is 18.4 Å². The minimum absolute atomic E-state index is 0.0681. The Morgan fingerprint density at radius 2 is 1.82 bits per heavy atom. The van der Waals surface area contributed by atoms with Crippen LogP contribution in [-0.2, 0) is 14.1 Å². The Balaban J connectivity index is 1.45. The topological polar surface area (TPSA) is 159 Å². The lowest BCUT2D eigenvalue weighted by atomic mass is 9.93. The van der Waals surface area contributed by atoms with E-state index in [-0.39, 0.29) is 11.6 Å². The largest absolute Gasteiger partial charge is 0.496 e. The highest BCUT2D eigenvalue weighted by Gasteiger charge is 2.28. The van der Waals surface area contributed by atoms with Crippen molar-refractivity contribution in [3.05, 3.63) is 65.5 Å². The van der Waals surface area contributed by atoms with Crippen LogP contribution in [0.2, 0.25) is 0 Å². The molecular weight excluding hydrogens is 546 g/mol. The number of pyridine rings is 1. The smallest absolute Gasteiger partial charge is 0.301 e. The molecule has 1 aliphatic rings. The summed E-state index contributed by atoms with van der Waals surface area (Å²) in [6.45, 7) is 1.95. The maximum atomic E-state index is 13.7. The Kier molecular flexibility index (Phi) is 7.56. The maximum absolute atomic E-state index is 13.7. The first kappa shape index (κ1) is 27.0. The Hall–Kier alpha value is -3.55. The van der Waals surface area contributed by atoms with Gasteiger partial charge < -0.3 is 9.79 Å². The van der Waals surface area contributed by atoms with Crippen LogP contribution in [0.15, 0.2) is 52.6 Å². The van der Waals surface area contributed by atoms with E-state index in [1.54, 1.807) is 16.8 Å². The second-order valence-electron chi connectivity index (χ2n) is 9.09. The molecule has 4 aromatic rings.